The topological polar surface area (TPSA) is 57.5 Å². The molecule has 0 amide bonds. The maximum atomic E-state index is 12.4. The molecule has 0 aliphatic heterocycles. The Bertz CT molecular complexity index is 541. The summed E-state index contributed by atoms with van der Waals surface area (Å²) in [5, 5.41) is 17.6. The van der Waals surface area contributed by atoms with E-state index in [1.165, 1.54) is 0 Å². The van der Waals surface area contributed by atoms with E-state index in [2.05, 4.69) is 0 Å². The Labute approximate surface area is 138 Å². The fourth-order valence-corrected chi connectivity index (χ4v) is 3.21. The van der Waals surface area contributed by atoms with Crippen molar-refractivity contribution >= 4 is 29.3 Å². The zero-order chi connectivity index (χ0) is 15.8. The number of hydrogen-bond donors (Lipinski definition) is 2. The molecule has 2 aromatic rings. The van der Waals surface area contributed by atoms with E-state index in [4.69, 9.17) is 10.2 Å². The minimum Gasteiger partial charge on any atom is -0.396 e. The van der Waals surface area contributed by atoms with Crippen molar-refractivity contribution < 1.29 is 15.0 Å². The average molecular weight is 334 g/mol. The third kappa shape index (κ3) is 4.88. The van der Waals surface area contributed by atoms with Crippen molar-refractivity contribution in [2.75, 3.05) is 24.7 Å². The Kier molecular flexibility index (Phi) is 6.99. The molecule has 0 atom stereocenters. The molecule has 0 saturated heterocycles. The number of hydrogen-bond acceptors (Lipinski definition) is 5. The summed E-state index contributed by atoms with van der Waals surface area (Å²) in [6.07, 6.45) is 0. The van der Waals surface area contributed by atoms with Gasteiger partial charge in [-0.25, -0.2) is 0 Å². The van der Waals surface area contributed by atoms with Gasteiger partial charge in [0.25, 0.3) is 0 Å². The number of rotatable bonds is 8. The third-order valence-corrected chi connectivity index (χ3v) is 4.94. The number of thioether (sulfide) groups is 2. The third-order valence-electron chi connectivity index (χ3n) is 2.95. The normalized spacial score (nSPS) is 10.6. The van der Waals surface area contributed by atoms with Crippen molar-refractivity contribution in [3.63, 3.8) is 0 Å². The molecule has 3 nitrogen and oxygen atoms in total. The summed E-state index contributed by atoms with van der Waals surface area (Å²) in [5.41, 5.74) is 1.31. The van der Waals surface area contributed by atoms with Crippen LogP contribution in [0.25, 0.3) is 0 Å². The van der Waals surface area contributed by atoms with Crippen molar-refractivity contribution in [2.24, 2.45) is 0 Å². The highest BCUT2D eigenvalue weighted by Gasteiger charge is 2.09. The summed E-state index contributed by atoms with van der Waals surface area (Å²) in [6, 6.07) is 14.9. The fraction of sp³-hybridized carbons (Fsp3) is 0.235. The maximum Gasteiger partial charge on any atom is 0.193 e. The van der Waals surface area contributed by atoms with Crippen LogP contribution in [0.3, 0.4) is 0 Å². The lowest BCUT2D eigenvalue weighted by molar-refractivity contribution is 0.103. The van der Waals surface area contributed by atoms with E-state index in [1.54, 1.807) is 23.5 Å². The van der Waals surface area contributed by atoms with E-state index in [0.29, 0.717) is 22.6 Å². The molecule has 0 bridgehead atoms. The molecule has 22 heavy (non-hydrogen) atoms. The standard InChI is InChI=1S/C17H18O3S2/c18-9-11-21-15-5-1-13(2-6-15)17(20)14-3-7-16(8-4-14)22-12-10-19/h1-8,18-19H,9-12H2. The van der Waals surface area contributed by atoms with E-state index in [0.717, 1.165) is 9.79 Å². The molecule has 0 aliphatic rings. The van der Waals surface area contributed by atoms with Crippen molar-refractivity contribution in [3.8, 4) is 0 Å². The zero-order valence-corrected chi connectivity index (χ0v) is 13.7. The predicted molar refractivity (Wildman–Crippen MR) is 91.9 cm³/mol. The number of ketones is 1. The molecule has 0 saturated carbocycles. The lowest BCUT2D eigenvalue weighted by atomic mass is 10.0. The molecule has 2 N–H and O–H groups in total. The molecular weight excluding hydrogens is 316 g/mol. The van der Waals surface area contributed by atoms with Crippen LogP contribution < -0.4 is 0 Å². The first-order valence-corrected chi connectivity index (χ1v) is 8.94. The fourth-order valence-electron chi connectivity index (χ4n) is 1.90. The van der Waals surface area contributed by atoms with Crippen LogP contribution in [0.4, 0.5) is 0 Å². The van der Waals surface area contributed by atoms with Gasteiger partial charge in [0.15, 0.2) is 5.78 Å². The summed E-state index contributed by atoms with van der Waals surface area (Å²) in [6.45, 7) is 0.290. The van der Waals surface area contributed by atoms with E-state index in [9.17, 15) is 4.79 Å². The summed E-state index contributed by atoms with van der Waals surface area (Å²) in [4.78, 5) is 14.5. The van der Waals surface area contributed by atoms with Gasteiger partial charge >= 0.3 is 0 Å². The molecule has 0 aromatic heterocycles. The van der Waals surface area contributed by atoms with E-state index in [1.807, 2.05) is 48.5 Å². The summed E-state index contributed by atoms with van der Waals surface area (Å²) >= 11 is 3.12. The number of carbonyl (C=O) groups excluding carboxylic acids is 1. The van der Waals surface area contributed by atoms with Crippen molar-refractivity contribution in [3.05, 3.63) is 59.7 Å². The molecule has 0 radical (unpaired) electrons. The van der Waals surface area contributed by atoms with Crippen LogP contribution in [0.5, 0.6) is 0 Å². The number of aliphatic hydroxyl groups excluding tert-OH is 2. The molecule has 0 heterocycles. The second-order valence-electron chi connectivity index (χ2n) is 4.52. The van der Waals surface area contributed by atoms with Crippen molar-refractivity contribution in [1.82, 2.24) is 0 Å². The van der Waals surface area contributed by atoms with E-state index >= 15 is 0 Å². The highest BCUT2D eigenvalue weighted by atomic mass is 32.2. The Balaban J connectivity index is 2.04. The van der Waals surface area contributed by atoms with Gasteiger partial charge in [0.1, 0.15) is 0 Å². The van der Waals surface area contributed by atoms with Crippen LogP contribution in [0, 0.1) is 0 Å². The van der Waals surface area contributed by atoms with Crippen LogP contribution in [-0.4, -0.2) is 40.7 Å². The molecule has 0 spiro atoms. The Morgan fingerprint density at radius 1 is 0.727 bits per heavy atom. The zero-order valence-electron chi connectivity index (χ0n) is 12.1. The van der Waals surface area contributed by atoms with Gasteiger partial charge in [-0.1, -0.05) is 0 Å². The first-order chi connectivity index (χ1) is 10.7. The van der Waals surface area contributed by atoms with Crippen molar-refractivity contribution in [2.45, 2.75) is 9.79 Å². The molecular formula is C17H18O3S2. The number of aliphatic hydroxyl groups is 2. The second-order valence-corrected chi connectivity index (χ2v) is 6.86. The monoisotopic (exact) mass is 334 g/mol. The van der Waals surface area contributed by atoms with Crippen LogP contribution in [0.2, 0.25) is 0 Å². The number of benzene rings is 2. The molecule has 116 valence electrons. The van der Waals surface area contributed by atoms with Crippen LogP contribution >= 0.6 is 23.5 Å². The Hall–Kier alpha value is -1.27. The van der Waals surface area contributed by atoms with Gasteiger partial charge < -0.3 is 10.2 Å². The first kappa shape index (κ1) is 17.1. The van der Waals surface area contributed by atoms with Gasteiger partial charge in [0.05, 0.1) is 13.2 Å². The van der Waals surface area contributed by atoms with Gasteiger partial charge in [-0.15, -0.1) is 23.5 Å². The van der Waals surface area contributed by atoms with Gasteiger partial charge in [-0.3, -0.25) is 4.79 Å². The smallest absolute Gasteiger partial charge is 0.193 e. The van der Waals surface area contributed by atoms with Gasteiger partial charge in [0, 0.05) is 32.4 Å². The molecule has 2 aromatic carbocycles. The predicted octanol–water partition coefficient (Wildman–Crippen LogP) is 3.09. The molecule has 0 unspecified atom stereocenters. The van der Waals surface area contributed by atoms with Gasteiger partial charge in [0.2, 0.25) is 0 Å². The van der Waals surface area contributed by atoms with Crippen LogP contribution in [0.15, 0.2) is 58.3 Å². The average Bonchev–Trinajstić information content (AvgIpc) is 2.58. The largest absolute Gasteiger partial charge is 0.396 e. The second kappa shape index (κ2) is 9.00. The van der Waals surface area contributed by atoms with E-state index < -0.39 is 0 Å². The Morgan fingerprint density at radius 2 is 1.09 bits per heavy atom. The van der Waals surface area contributed by atoms with Gasteiger partial charge in [-0.2, -0.15) is 0 Å². The first-order valence-electron chi connectivity index (χ1n) is 6.96. The minimum absolute atomic E-state index is 0.00239. The lowest BCUT2D eigenvalue weighted by Gasteiger charge is -2.05. The highest BCUT2D eigenvalue weighted by Crippen LogP contribution is 2.21. The summed E-state index contributed by atoms with van der Waals surface area (Å²) in [5.74, 6) is 1.30. The van der Waals surface area contributed by atoms with E-state index in [-0.39, 0.29) is 19.0 Å². The molecule has 0 fully saturated rings. The van der Waals surface area contributed by atoms with Crippen molar-refractivity contribution in [1.29, 1.82) is 0 Å². The molecule has 0 aliphatic carbocycles. The lowest BCUT2D eigenvalue weighted by Crippen LogP contribution is -2.01. The Morgan fingerprint density at radius 3 is 1.41 bits per heavy atom. The molecule has 2 rings (SSSR count). The summed E-state index contributed by atoms with van der Waals surface area (Å²) < 4.78 is 0. The SMILES string of the molecule is O=C(c1ccc(SCCO)cc1)c1ccc(SCCO)cc1. The number of carbonyl (C=O) groups is 1. The quantitative estimate of drug-likeness (QED) is 0.574. The maximum absolute atomic E-state index is 12.4. The summed E-state index contributed by atoms with van der Waals surface area (Å²) in [7, 11) is 0. The van der Waals surface area contributed by atoms with Crippen LogP contribution in [0.1, 0.15) is 15.9 Å². The van der Waals surface area contributed by atoms with Crippen LogP contribution in [-0.2, 0) is 0 Å². The highest BCUT2D eigenvalue weighted by molar-refractivity contribution is 7.99. The molecule has 5 heteroatoms. The minimum atomic E-state index is -0.00239. The van der Waals surface area contributed by atoms with Gasteiger partial charge in [-0.05, 0) is 48.5 Å².